The minimum atomic E-state index is -0.246. The summed E-state index contributed by atoms with van der Waals surface area (Å²) in [6.07, 6.45) is 0.789. The minimum Gasteiger partial charge on any atom is -0.459 e. The quantitative estimate of drug-likeness (QED) is 0.722. The predicted molar refractivity (Wildman–Crippen MR) is 85.7 cm³/mol. The standard InChI is InChI=1S/C16H15ClFNOS/c1-9-12-7-10(18)3-5-14(12)20-16(9)13(19-2)8-11-4-6-15(17)21-11/h3-7,13,19H,8H2,1-2H3. The van der Waals surface area contributed by atoms with Gasteiger partial charge in [0.2, 0.25) is 0 Å². The normalized spacial score (nSPS) is 13.0. The Morgan fingerprint density at radius 3 is 2.81 bits per heavy atom. The summed E-state index contributed by atoms with van der Waals surface area (Å²) < 4.78 is 20.1. The summed E-state index contributed by atoms with van der Waals surface area (Å²) in [5.74, 6) is 0.603. The topological polar surface area (TPSA) is 25.2 Å². The van der Waals surface area contributed by atoms with Crippen molar-refractivity contribution in [1.82, 2.24) is 5.32 Å². The summed E-state index contributed by atoms with van der Waals surface area (Å²) in [7, 11) is 1.90. The summed E-state index contributed by atoms with van der Waals surface area (Å²) in [5.41, 5.74) is 1.69. The van der Waals surface area contributed by atoms with Gasteiger partial charge >= 0.3 is 0 Å². The predicted octanol–water partition coefficient (Wildman–Crippen LogP) is 5.10. The first-order valence-electron chi connectivity index (χ1n) is 6.68. The average Bonchev–Trinajstić information content (AvgIpc) is 3.01. The Bertz CT molecular complexity index is 780. The Kier molecular flexibility index (Phi) is 4.02. The number of aryl methyl sites for hydroxylation is 1. The van der Waals surface area contributed by atoms with Gasteiger partial charge in [0.05, 0.1) is 10.4 Å². The zero-order valence-corrected chi connectivity index (χ0v) is 13.3. The van der Waals surface area contributed by atoms with E-state index in [0.29, 0.717) is 5.58 Å². The molecule has 0 radical (unpaired) electrons. The van der Waals surface area contributed by atoms with Gasteiger partial charge in [-0.1, -0.05) is 11.6 Å². The van der Waals surface area contributed by atoms with Gasteiger partial charge in [0.15, 0.2) is 0 Å². The summed E-state index contributed by atoms with van der Waals surface area (Å²) >= 11 is 7.54. The van der Waals surface area contributed by atoms with Gasteiger partial charge in [0, 0.05) is 22.2 Å². The van der Waals surface area contributed by atoms with Gasteiger partial charge in [-0.3, -0.25) is 0 Å². The molecule has 0 spiro atoms. The molecule has 0 aliphatic rings. The van der Waals surface area contributed by atoms with Crippen molar-refractivity contribution < 1.29 is 8.81 Å². The highest BCUT2D eigenvalue weighted by atomic mass is 35.5. The van der Waals surface area contributed by atoms with E-state index < -0.39 is 0 Å². The largest absolute Gasteiger partial charge is 0.459 e. The molecule has 0 saturated carbocycles. The molecule has 1 N–H and O–H groups in total. The monoisotopic (exact) mass is 323 g/mol. The highest BCUT2D eigenvalue weighted by Crippen LogP contribution is 2.33. The maximum atomic E-state index is 13.4. The third-order valence-electron chi connectivity index (χ3n) is 3.63. The fraction of sp³-hybridized carbons (Fsp3) is 0.250. The van der Waals surface area contributed by atoms with E-state index in [9.17, 15) is 4.39 Å². The van der Waals surface area contributed by atoms with Crippen molar-refractivity contribution in [2.45, 2.75) is 19.4 Å². The molecule has 21 heavy (non-hydrogen) atoms. The van der Waals surface area contributed by atoms with Crippen molar-refractivity contribution in [1.29, 1.82) is 0 Å². The fourth-order valence-electron chi connectivity index (χ4n) is 2.53. The highest BCUT2D eigenvalue weighted by Gasteiger charge is 2.20. The van der Waals surface area contributed by atoms with E-state index in [-0.39, 0.29) is 11.9 Å². The molecule has 3 rings (SSSR count). The molecule has 1 unspecified atom stereocenters. The van der Waals surface area contributed by atoms with Crippen LogP contribution in [0.5, 0.6) is 0 Å². The van der Waals surface area contributed by atoms with Crippen molar-refractivity contribution >= 4 is 33.9 Å². The second-order valence-electron chi connectivity index (χ2n) is 4.98. The van der Waals surface area contributed by atoms with Gasteiger partial charge in [0.25, 0.3) is 0 Å². The number of rotatable bonds is 4. The molecule has 3 aromatic rings. The molecule has 0 saturated heterocycles. The van der Waals surface area contributed by atoms with Crippen LogP contribution in [0.1, 0.15) is 22.2 Å². The Balaban J connectivity index is 1.98. The first-order chi connectivity index (χ1) is 10.1. The molecule has 0 bridgehead atoms. The lowest BCUT2D eigenvalue weighted by Gasteiger charge is -2.13. The smallest absolute Gasteiger partial charge is 0.134 e. The fourth-order valence-corrected chi connectivity index (χ4v) is 3.67. The first kappa shape index (κ1) is 14.6. The number of likely N-dealkylation sites (N-methyl/N-ethyl adjacent to an activating group) is 1. The summed E-state index contributed by atoms with van der Waals surface area (Å²) in [6, 6.07) is 8.57. The second-order valence-corrected chi connectivity index (χ2v) is 6.78. The number of halogens is 2. The molecular weight excluding hydrogens is 309 g/mol. The van der Waals surface area contributed by atoms with Gasteiger partial charge in [-0.25, -0.2) is 4.39 Å². The lowest BCUT2D eigenvalue weighted by Crippen LogP contribution is -2.18. The molecule has 1 aromatic carbocycles. The summed E-state index contributed by atoms with van der Waals surface area (Å²) in [4.78, 5) is 1.19. The molecule has 0 amide bonds. The molecule has 0 fully saturated rings. The number of thiophene rings is 1. The Labute approximate surface area is 131 Å². The first-order valence-corrected chi connectivity index (χ1v) is 7.88. The minimum absolute atomic E-state index is 0.0372. The highest BCUT2D eigenvalue weighted by molar-refractivity contribution is 7.16. The average molecular weight is 324 g/mol. The summed E-state index contributed by atoms with van der Waals surface area (Å²) in [5, 5.41) is 4.10. The number of furan rings is 1. The molecule has 2 aromatic heterocycles. The number of fused-ring (bicyclic) bond motifs is 1. The van der Waals surface area contributed by atoms with E-state index in [4.69, 9.17) is 16.0 Å². The van der Waals surface area contributed by atoms with Crippen LogP contribution >= 0.6 is 22.9 Å². The zero-order chi connectivity index (χ0) is 15.0. The number of hydrogen-bond acceptors (Lipinski definition) is 3. The van der Waals surface area contributed by atoms with Gasteiger partial charge < -0.3 is 9.73 Å². The van der Waals surface area contributed by atoms with Crippen molar-refractivity contribution in [3.63, 3.8) is 0 Å². The van der Waals surface area contributed by atoms with E-state index in [1.54, 1.807) is 17.4 Å². The SMILES string of the molecule is CNC(Cc1ccc(Cl)s1)c1oc2ccc(F)cc2c1C. The Morgan fingerprint density at radius 1 is 1.33 bits per heavy atom. The molecule has 0 aliphatic carbocycles. The van der Waals surface area contributed by atoms with Crippen LogP contribution in [-0.4, -0.2) is 7.05 Å². The van der Waals surface area contributed by atoms with Crippen molar-refractivity contribution in [3.8, 4) is 0 Å². The third-order valence-corrected chi connectivity index (χ3v) is 4.89. The second kappa shape index (κ2) is 5.79. The Morgan fingerprint density at radius 2 is 2.14 bits per heavy atom. The van der Waals surface area contributed by atoms with E-state index >= 15 is 0 Å². The van der Waals surface area contributed by atoms with E-state index in [0.717, 1.165) is 27.5 Å². The van der Waals surface area contributed by atoms with Crippen molar-refractivity contribution in [2.24, 2.45) is 0 Å². The van der Waals surface area contributed by atoms with Crippen LogP contribution in [0.25, 0.3) is 11.0 Å². The zero-order valence-electron chi connectivity index (χ0n) is 11.7. The van der Waals surface area contributed by atoms with Crippen LogP contribution in [-0.2, 0) is 6.42 Å². The molecule has 1 atom stereocenters. The van der Waals surface area contributed by atoms with E-state index in [1.165, 1.54) is 17.0 Å². The number of nitrogens with one attached hydrogen (secondary N) is 1. The van der Waals surface area contributed by atoms with Crippen LogP contribution < -0.4 is 5.32 Å². The molecule has 2 heterocycles. The lowest BCUT2D eigenvalue weighted by atomic mass is 10.0. The van der Waals surface area contributed by atoms with Gasteiger partial charge in [-0.05, 0) is 44.3 Å². The van der Waals surface area contributed by atoms with E-state index in [2.05, 4.69) is 5.32 Å². The molecule has 110 valence electrons. The van der Waals surface area contributed by atoms with Crippen LogP contribution in [0.3, 0.4) is 0 Å². The van der Waals surface area contributed by atoms with Crippen molar-refractivity contribution in [2.75, 3.05) is 7.05 Å². The van der Waals surface area contributed by atoms with Crippen LogP contribution in [0.4, 0.5) is 4.39 Å². The molecule has 5 heteroatoms. The summed E-state index contributed by atoms with van der Waals surface area (Å²) in [6.45, 7) is 1.96. The maximum Gasteiger partial charge on any atom is 0.134 e. The molecular formula is C16H15ClFNOS. The van der Waals surface area contributed by atoms with Gasteiger partial charge in [-0.15, -0.1) is 11.3 Å². The number of hydrogen-bond donors (Lipinski definition) is 1. The van der Waals surface area contributed by atoms with Crippen molar-refractivity contribution in [3.05, 3.63) is 56.7 Å². The van der Waals surface area contributed by atoms with Crippen LogP contribution in [0.15, 0.2) is 34.7 Å². The third kappa shape index (κ3) is 2.84. The van der Waals surface area contributed by atoms with Gasteiger partial charge in [0.1, 0.15) is 17.2 Å². The number of benzene rings is 1. The lowest BCUT2D eigenvalue weighted by molar-refractivity contribution is 0.449. The van der Waals surface area contributed by atoms with Gasteiger partial charge in [-0.2, -0.15) is 0 Å². The maximum absolute atomic E-state index is 13.4. The molecule has 0 aliphatic heterocycles. The van der Waals surface area contributed by atoms with Crippen LogP contribution in [0.2, 0.25) is 4.34 Å². The molecule has 2 nitrogen and oxygen atoms in total. The van der Waals surface area contributed by atoms with E-state index in [1.807, 2.05) is 26.1 Å². The van der Waals surface area contributed by atoms with Crippen LogP contribution in [0, 0.1) is 12.7 Å². The Hall–Kier alpha value is -1.36.